The number of hydrogen-bond acceptors (Lipinski definition) is 3. The summed E-state index contributed by atoms with van der Waals surface area (Å²) in [7, 11) is 7.27. The van der Waals surface area contributed by atoms with Gasteiger partial charge in [-0.25, -0.2) is 4.39 Å². The van der Waals surface area contributed by atoms with E-state index in [4.69, 9.17) is 4.74 Å². The minimum Gasteiger partial charge on any atom is -0.480 e. The van der Waals surface area contributed by atoms with Crippen LogP contribution in [0.2, 0.25) is 0 Å². The molecule has 5 heteroatoms. The van der Waals surface area contributed by atoms with E-state index in [0.29, 0.717) is 17.7 Å². The molecular weight excluding hydrogens is 319 g/mol. The average Bonchev–Trinajstić information content (AvgIpc) is 2.58. The van der Waals surface area contributed by atoms with Crippen LogP contribution in [-0.4, -0.2) is 45.1 Å². The topological polar surface area (TPSA) is 32.8 Å². The van der Waals surface area contributed by atoms with Gasteiger partial charge in [0.05, 0.1) is 0 Å². The minimum absolute atomic E-state index is 0.136. The monoisotopic (exact) mass is 344 g/mol. The molecule has 134 valence electrons. The number of rotatable bonds is 6. The van der Waals surface area contributed by atoms with Gasteiger partial charge >= 0.3 is 0 Å². The number of carbonyl (C=O) groups excluding carboxylic acids is 1. The van der Waals surface area contributed by atoms with Crippen molar-refractivity contribution in [2.45, 2.75) is 19.4 Å². The Kier molecular flexibility index (Phi) is 6.02. The lowest BCUT2D eigenvalue weighted by molar-refractivity contribution is -0.136. The van der Waals surface area contributed by atoms with Crippen LogP contribution < -0.4 is 9.64 Å². The van der Waals surface area contributed by atoms with Gasteiger partial charge in [-0.05, 0) is 41.8 Å². The third kappa shape index (κ3) is 4.72. The van der Waals surface area contributed by atoms with Crippen LogP contribution in [0.5, 0.6) is 5.75 Å². The molecule has 2 aromatic carbocycles. The highest BCUT2D eigenvalue weighted by Gasteiger charge is 2.20. The van der Waals surface area contributed by atoms with Gasteiger partial charge in [-0.1, -0.05) is 19.1 Å². The Morgan fingerprint density at radius 1 is 1.08 bits per heavy atom. The summed E-state index contributed by atoms with van der Waals surface area (Å²) in [6, 6.07) is 12.4. The Labute approximate surface area is 148 Å². The number of hydrogen-bond donors (Lipinski definition) is 0. The summed E-state index contributed by atoms with van der Waals surface area (Å²) in [5.41, 5.74) is 2.63. The maximum atomic E-state index is 14.1. The number of nitrogens with zero attached hydrogens (tertiary/aromatic N) is 2. The first-order valence-corrected chi connectivity index (χ1v) is 8.28. The third-order valence-electron chi connectivity index (χ3n) is 3.93. The normalized spacial score (nSPS) is 11.8. The van der Waals surface area contributed by atoms with Crippen LogP contribution in [-0.2, 0) is 4.79 Å². The molecule has 1 unspecified atom stereocenters. The van der Waals surface area contributed by atoms with Crippen LogP contribution in [0.25, 0.3) is 11.1 Å². The molecule has 4 nitrogen and oxygen atoms in total. The summed E-state index contributed by atoms with van der Waals surface area (Å²) >= 11 is 0. The largest absolute Gasteiger partial charge is 0.480 e. The van der Waals surface area contributed by atoms with E-state index < -0.39 is 11.9 Å². The smallest absolute Gasteiger partial charge is 0.263 e. The minimum atomic E-state index is -0.627. The summed E-state index contributed by atoms with van der Waals surface area (Å²) in [5.74, 6) is -0.176. The summed E-state index contributed by atoms with van der Waals surface area (Å²) in [6.45, 7) is 1.87. The summed E-state index contributed by atoms with van der Waals surface area (Å²) in [5, 5.41) is 0. The Morgan fingerprint density at radius 2 is 1.80 bits per heavy atom. The molecule has 2 aromatic rings. The molecule has 0 saturated carbocycles. The maximum absolute atomic E-state index is 14.1. The van der Waals surface area contributed by atoms with Crippen LogP contribution in [0, 0.1) is 5.82 Å². The lowest BCUT2D eigenvalue weighted by Gasteiger charge is -2.21. The van der Waals surface area contributed by atoms with E-state index in [0.717, 1.165) is 11.3 Å². The van der Waals surface area contributed by atoms with Gasteiger partial charge in [-0.15, -0.1) is 0 Å². The number of carbonyl (C=O) groups is 1. The fourth-order valence-corrected chi connectivity index (χ4v) is 2.52. The molecule has 0 fully saturated rings. The van der Waals surface area contributed by atoms with E-state index in [1.165, 1.54) is 17.0 Å². The Hall–Kier alpha value is -2.56. The Balaban J connectivity index is 2.34. The van der Waals surface area contributed by atoms with Crippen LogP contribution >= 0.6 is 0 Å². The SMILES string of the molecule is CCC(Oc1cc(F)cc(-c2cccc(N(C)C)c2)c1)C(=O)N(C)C. The first kappa shape index (κ1) is 18.8. The number of likely N-dealkylation sites (N-methyl/N-ethyl adjacent to an activating group) is 1. The van der Waals surface area contributed by atoms with Crippen molar-refractivity contribution in [1.29, 1.82) is 0 Å². The number of amides is 1. The molecule has 0 bridgehead atoms. The van der Waals surface area contributed by atoms with Crippen LogP contribution in [0.4, 0.5) is 10.1 Å². The fraction of sp³-hybridized carbons (Fsp3) is 0.350. The predicted molar refractivity (Wildman–Crippen MR) is 99.6 cm³/mol. The number of anilines is 1. The van der Waals surface area contributed by atoms with Crippen molar-refractivity contribution in [3.63, 3.8) is 0 Å². The molecule has 0 aliphatic carbocycles. The summed E-state index contributed by atoms with van der Waals surface area (Å²) in [6.07, 6.45) is -0.114. The molecule has 25 heavy (non-hydrogen) atoms. The van der Waals surface area contributed by atoms with E-state index in [2.05, 4.69) is 0 Å². The van der Waals surface area contributed by atoms with Crippen LogP contribution in [0.15, 0.2) is 42.5 Å². The number of halogens is 1. The lowest BCUT2D eigenvalue weighted by Crippen LogP contribution is -2.37. The first-order chi connectivity index (χ1) is 11.8. The van der Waals surface area contributed by atoms with Crippen molar-refractivity contribution in [3.05, 3.63) is 48.3 Å². The maximum Gasteiger partial charge on any atom is 0.263 e. The van der Waals surface area contributed by atoms with E-state index >= 15 is 0 Å². The summed E-state index contributed by atoms with van der Waals surface area (Å²) in [4.78, 5) is 15.6. The fourth-order valence-electron chi connectivity index (χ4n) is 2.52. The average molecular weight is 344 g/mol. The molecular formula is C20H25FN2O2. The van der Waals surface area contributed by atoms with Crippen molar-refractivity contribution >= 4 is 11.6 Å². The number of benzene rings is 2. The van der Waals surface area contributed by atoms with Gasteiger partial charge in [0.2, 0.25) is 0 Å². The molecule has 1 amide bonds. The predicted octanol–water partition coefficient (Wildman–Crippen LogP) is 3.80. The molecule has 0 aliphatic rings. The summed E-state index contributed by atoms with van der Waals surface area (Å²) < 4.78 is 19.9. The number of ether oxygens (including phenoxy) is 1. The lowest BCUT2D eigenvalue weighted by atomic mass is 10.0. The van der Waals surface area contributed by atoms with Gasteiger partial charge in [0.25, 0.3) is 5.91 Å². The highest BCUT2D eigenvalue weighted by molar-refractivity contribution is 5.80. The van der Waals surface area contributed by atoms with Crippen molar-refractivity contribution in [3.8, 4) is 16.9 Å². The Morgan fingerprint density at radius 3 is 2.40 bits per heavy atom. The van der Waals surface area contributed by atoms with E-state index in [1.54, 1.807) is 20.2 Å². The zero-order chi connectivity index (χ0) is 18.6. The molecule has 1 atom stereocenters. The molecule has 0 spiro atoms. The molecule has 2 rings (SSSR count). The molecule has 0 heterocycles. The van der Waals surface area contributed by atoms with Gasteiger partial charge in [-0.2, -0.15) is 0 Å². The van der Waals surface area contributed by atoms with E-state index in [9.17, 15) is 9.18 Å². The molecule has 0 N–H and O–H groups in total. The Bertz CT molecular complexity index is 744. The third-order valence-corrected chi connectivity index (χ3v) is 3.93. The van der Waals surface area contributed by atoms with Crippen LogP contribution in [0.3, 0.4) is 0 Å². The van der Waals surface area contributed by atoms with E-state index in [1.807, 2.05) is 50.2 Å². The van der Waals surface area contributed by atoms with Crippen molar-refractivity contribution in [1.82, 2.24) is 4.90 Å². The van der Waals surface area contributed by atoms with E-state index in [-0.39, 0.29) is 5.91 Å². The second-order valence-corrected chi connectivity index (χ2v) is 6.37. The zero-order valence-corrected chi connectivity index (χ0v) is 15.4. The zero-order valence-electron chi connectivity index (χ0n) is 15.4. The molecule has 0 aliphatic heterocycles. The second kappa shape index (κ2) is 8.01. The standard InChI is InChI=1S/C20H25FN2O2/c1-6-19(20(24)23(4)5)25-18-12-15(10-16(21)13-18)14-8-7-9-17(11-14)22(2)3/h7-13,19H,6H2,1-5H3. The van der Waals surface area contributed by atoms with Crippen molar-refractivity contribution in [2.24, 2.45) is 0 Å². The van der Waals surface area contributed by atoms with Gasteiger partial charge < -0.3 is 14.5 Å². The van der Waals surface area contributed by atoms with Crippen molar-refractivity contribution in [2.75, 3.05) is 33.1 Å². The highest BCUT2D eigenvalue weighted by atomic mass is 19.1. The quantitative estimate of drug-likeness (QED) is 0.799. The van der Waals surface area contributed by atoms with Gasteiger partial charge in [0.15, 0.2) is 6.10 Å². The van der Waals surface area contributed by atoms with Gasteiger partial charge in [-0.3, -0.25) is 4.79 Å². The van der Waals surface area contributed by atoms with Crippen LogP contribution in [0.1, 0.15) is 13.3 Å². The highest BCUT2D eigenvalue weighted by Crippen LogP contribution is 2.29. The van der Waals surface area contributed by atoms with Crippen molar-refractivity contribution < 1.29 is 13.9 Å². The van der Waals surface area contributed by atoms with Gasteiger partial charge in [0.1, 0.15) is 11.6 Å². The first-order valence-electron chi connectivity index (χ1n) is 8.28. The molecule has 0 saturated heterocycles. The molecule has 0 radical (unpaired) electrons. The molecule has 0 aromatic heterocycles. The second-order valence-electron chi connectivity index (χ2n) is 6.37. The van der Waals surface area contributed by atoms with Gasteiger partial charge in [0, 0.05) is 39.9 Å².